The van der Waals surface area contributed by atoms with Gasteiger partial charge < -0.3 is 9.47 Å². The molecule has 190 valence electrons. The van der Waals surface area contributed by atoms with E-state index in [1.807, 2.05) is 83.6 Å². The van der Waals surface area contributed by atoms with Gasteiger partial charge in [0.25, 0.3) is 0 Å². The minimum Gasteiger partial charge on any atom is -0.496 e. The molecule has 0 spiro atoms. The number of rotatable bonds is 10. The van der Waals surface area contributed by atoms with Crippen molar-refractivity contribution in [2.75, 3.05) is 25.1 Å². The topological polar surface area (TPSA) is 93.0 Å². The molecule has 0 saturated heterocycles. The second kappa shape index (κ2) is 12.1. The van der Waals surface area contributed by atoms with E-state index in [-0.39, 0.29) is 0 Å². The normalized spacial score (nSPS) is 11.2. The van der Waals surface area contributed by atoms with Crippen molar-refractivity contribution in [1.82, 2.24) is 9.97 Å². The predicted molar refractivity (Wildman–Crippen MR) is 157 cm³/mol. The summed E-state index contributed by atoms with van der Waals surface area (Å²) in [5, 5.41) is 14.0. The highest BCUT2D eigenvalue weighted by molar-refractivity contribution is 7.14. The van der Waals surface area contributed by atoms with Gasteiger partial charge in [0.1, 0.15) is 11.5 Å². The van der Waals surface area contributed by atoms with Crippen LogP contribution in [0.4, 0.5) is 10.3 Å². The third-order valence-corrected chi connectivity index (χ3v) is 6.98. The van der Waals surface area contributed by atoms with Crippen molar-refractivity contribution in [3.8, 4) is 34.0 Å². The maximum Gasteiger partial charge on any atom is 0.203 e. The molecule has 38 heavy (non-hydrogen) atoms. The van der Waals surface area contributed by atoms with Crippen molar-refractivity contribution in [3.05, 3.63) is 94.7 Å². The Morgan fingerprint density at radius 2 is 1.05 bits per heavy atom. The highest BCUT2D eigenvalue weighted by Gasteiger charge is 2.08. The van der Waals surface area contributed by atoms with Crippen LogP contribution < -0.4 is 20.3 Å². The monoisotopic (exact) mass is 540 g/mol. The molecule has 8 nitrogen and oxygen atoms in total. The van der Waals surface area contributed by atoms with Crippen LogP contribution in [0.2, 0.25) is 0 Å². The zero-order valence-corrected chi connectivity index (χ0v) is 22.3. The molecule has 2 aromatic heterocycles. The second-order valence-corrected chi connectivity index (χ2v) is 9.59. The molecule has 0 aliphatic heterocycles. The van der Waals surface area contributed by atoms with Crippen LogP contribution in [0, 0.1) is 0 Å². The number of aromatic nitrogens is 2. The summed E-state index contributed by atoms with van der Waals surface area (Å²) in [5.41, 5.74) is 11.6. The van der Waals surface area contributed by atoms with Crippen LogP contribution in [-0.2, 0) is 0 Å². The van der Waals surface area contributed by atoms with E-state index in [1.54, 1.807) is 26.6 Å². The first kappa shape index (κ1) is 25.1. The number of para-hydroxylation sites is 2. The average molecular weight is 541 g/mol. The third kappa shape index (κ3) is 6.05. The van der Waals surface area contributed by atoms with Crippen molar-refractivity contribution >= 4 is 45.4 Å². The zero-order chi connectivity index (χ0) is 26.2. The Bertz CT molecular complexity index is 1440. The molecule has 0 aliphatic carbocycles. The number of methoxy groups -OCH3 is 2. The van der Waals surface area contributed by atoms with E-state index in [0.717, 1.165) is 45.1 Å². The van der Waals surface area contributed by atoms with Gasteiger partial charge >= 0.3 is 0 Å². The van der Waals surface area contributed by atoms with Crippen molar-refractivity contribution < 1.29 is 9.47 Å². The Morgan fingerprint density at radius 3 is 1.47 bits per heavy atom. The van der Waals surface area contributed by atoms with Gasteiger partial charge in [0.05, 0.1) is 38.0 Å². The fourth-order valence-corrected chi connectivity index (χ4v) is 4.92. The van der Waals surface area contributed by atoms with Gasteiger partial charge in [0, 0.05) is 33.0 Å². The Balaban J connectivity index is 1.20. The lowest BCUT2D eigenvalue weighted by atomic mass is 10.1. The van der Waals surface area contributed by atoms with Crippen molar-refractivity contribution in [1.29, 1.82) is 0 Å². The van der Waals surface area contributed by atoms with Gasteiger partial charge in [0.2, 0.25) is 10.3 Å². The number of hydrogen-bond acceptors (Lipinski definition) is 10. The van der Waals surface area contributed by atoms with Gasteiger partial charge in [-0.15, -0.1) is 22.7 Å². The average Bonchev–Trinajstić information content (AvgIpc) is 3.64. The minimum absolute atomic E-state index is 0.708. The van der Waals surface area contributed by atoms with Crippen LogP contribution in [0.1, 0.15) is 11.1 Å². The first-order valence-corrected chi connectivity index (χ1v) is 13.4. The second-order valence-electron chi connectivity index (χ2n) is 7.88. The molecular weight excluding hydrogens is 516 g/mol. The molecule has 0 bridgehead atoms. The van der Waals surface area contributed by atoms with Gasteiger partial charge in [-0.1, -0.05) is 48.5 Å². The van der Waals surface area contributed by atoms with Crippen LogP contribution >= 0.6 is 22.7 Å². The Morgan fingerprint density at radius 1 is 0.632 bits per heavy atom. The van der Waals surface area contributed by atoms with Gasteiger partial charge in [-0.3, -0.25) is 10.9 Å². The molecule has 0 atom stereocenters. The largest absolute Gasteiger partial charge is 0.496 e. The van der Waals surface area contributed by atoms with Gasteiger partial charge in [-0.25, -0.2) is 9.97 Å². The summed E-state index contributed by atoms with van der Waals surface area (Å²) in [5.74, 6) is 1.53. The van der Waals surface area contributed by atoms with Crippen molar-refractivity contribution in [2.24, 2.45) is 10.2 Å². The first-order valence-electron chi connectivity index (χ1n) is 11.6. The molecule has 5 aromatic rings. The molecule has 0 radical (unpaired) electrons. The third-order valence-electron chi connectivity index (χ3n) is 5.49. The van der Waals surface area contributed by atoms with Gasteiger partial charge in [0.15, 0.2) is 0 Å². The molecule has 0 fully saturated rings. The van der Waals surface area contributed by atoms with E-state index in [9.17, 15) is 0 Å². The number of hydrogen-bond donors (Lipinski definition) is 2. The van der Waals surface area contributed by atoms with Crippen LogP contribution in [0.25, 0.3) is 22.5 Å². The van der Waals surface area contributed by atoms with Gasteiger partial charge in [-0.05, 0) is 24.3 Å². The fraction of sp³-hybridized carbons (Fsp3) is 0.0714. The molecule has 0 amide bonds. The highest BCUT2D eigenvalue weighted by Crippen LogP contribution is 2.29. The van der Waals surface area contributed by atoms with E-state index in [0.29, 0.717) is 10.3 Å². The van der Waals surface area contributed by atoms with E-state index in [2.05, 4.69) is 31.0 Å². The standard InChI is InChI=1S/C28H24N6O2S2/c1-35-25-9-5-3-7-21(25)15-29-33-27-31-23(17-37-27)19-11-13-20(14-12-19)24-18-38-28(32-24)34-30-16-22-8-4-6-10-26(22)36-2/h3-18H,1-2H3,(H,31,33)(H,32,34)/b29-15+,30-16+. The maximum atomic E-state index is 5.35. The Hall–Kier alpha value is -4.54. The number of hydrazone groups is 2. The number of anilines is 2. The number of ether oxygens (including phenoxy) is 2. The molecule has 3 aromatic carbocycles. The maximum absolute atomic E-state index is 5.35. The van der Waals surface area contributed by atoms with Crippen molar-refractivity contribution in [2.45, 2.75) is 0 Å². The highest BCUT2D eigenvalue weighted by atomic mass is 32.1. The van der Waals surface area contributed by atoms with E-state index >= 15 is 0 Å². The summed E-state index contributed by atoms with van der Waals surface area (Å²) in [6.45, 7) is 0. The van der Waals surface area contributed by atoms with Gasteiger partial charge in [-0.2, -0.15) is 10.2 Å². The summed E-state index contributed by atoms with van der Waals surface area (Å²) in [7, 11) is 3.28. The molecular formula is C28H24N6O2S2. The van der Waals surface area contributed by atoms with Crippen molar-refractivity contribution in [3.63, 3.8) is 0 Å². The lowest BCUT2D eigenvalue weighted by molar-refractivity contribution is 0.414. The lowest BCUT2D eigenvalue weighted by Gasteiger charge is -2.02. The number of benzene rings is 3. The number of nitrogens with one attached hydrogen (secondary N) is 2. The molecule has 0 unspecified atom stereocenters. The lowest BCUT2D eigenvalue weighted by Crippen LogP contribution is -1.93. The predicted octanol–water partition coefficient (Wildman–Crippen LogP) is 6.84. The van der Waals surface area contributed by atoms with Crippen LogP contribution in [0.5, 0.6) is 11.5 Å². The molecule has 5 rings (SSSR count). The number of thiazole rings is 2. The Kier molecular flexibility index (Phi) is 8.02. The summed E-state index contributed by atoms with van der Waals surface area (Å²) < 4.78 is 10.7. The Labute approximate surface area is 228 Å². The quantitative estimate of drug-likeness (QED) is 0.149. The summed E-state index contributed by atoms with van der Waals surface area (Å²) >= 11 is 2.99. The van der Waals surface area contributed by atoms with E-state index in [4.69, 9.17) is 9.47 Å². The van der Waals surface area contributed by atoms with Crippen LogP contribution in [-0.4, -0.2) is 36.6 Å². The molecule has 0 saturated carbocycles. The smallest absolute Gasteiger partial charge is 0.203 e. The molecule has 10 heteroatoms. The number of nitrogens with zero attached hydrogens (tertiary/aromatic N) is 4. The van der Waals surface area contributed by atoms with E-state index < -0.39 is 0 Å². The SMILES string of the molecule is COc1ccccc1/C=N/Nc1nc(-c2ccc(-c3csc(N/N=C/c4ccccc4OC)n3)cc2)cs1. The van der Waals surface area contributed by atoms with Crippen LogP contribution in [0.15, 0.2) is 93.8 Å². The van der Waals surface area contributed by atoms with Crippen LogP contribution in [0.3, 0.4) is 0 Å². The fourth-order valence-electron chi connectivity index (χ4n) is 3.59. The summed E-state index contributed by atoms with van der Waals surface area (Å²) in [6.07, 6.45) is 3.44. The summed E-state index contributed by atoms with van der Waals surface area (Å²) in [6, 6.07) is 23.6. The minimum atomic E-state index is 0.708. The molecule has 0 aliphatic rings. The molecule has 2 heterocycles. The zero-order valence-electron chi connectivity index (χ0n) is 20.7. The molecule has 2 N–H and O–H groups in total. The van der Waals surface area contributed by atoms with E-state index in [1.165, 1.54) is 22.7 Å². The first-order chi connectivity index (χ1) is 18.7. The summed E-state index contributed by atoms with van der Waals surface area (Å²) in [4.78, 5) is 9.29.